The fourth-order valence-corrected chi connectivity index (χ4v) is 1.79. The molecular weight excluding hydrogens is 241 g/mol. The molecule has 0 N–H and O–H groups in total. The van der Waals surface area contributed by atoms with Crippen molar-refractivity contribution in [3.05, 3.63) is 12.4 Å². The zero-order valence-corrected chi connectivity index (χ0v) is 12.4. The summed E-state index contributed by atoms with van der Waals surface area (Å²) in [6, 6.07) is 2.21. The molecule has 19 heavy (non-hydrogen) atoms. The molecule has 1 saturated heterocycles. The minimum atomic E-state index is -0.679. The summed E-state index contributed by atoms with van der Waals surface area (Å²) in [5, 5.41) is 13.3. The highest BCUT2D eigenvalue weighted by molar-refractivity contribution is 6.62. The molecule has 0 spiro atoms. The van der Waals surface area contributed by atoms with Crippen molar-refractivity contribution in [1.29, 1.82) is 5.26 Å². The van der Waals surface area contributed by atoms with Crippen LogP contribution in [0.2, 0.25) is 0 Å². The first-order valence-corrected chi connectivity index (χ1v) is 6.41. The van der Waals surface area contributed by atoms with Crippen LogP contribution in [-0.4, -0.2) is 28.1 Å². The molecule has 102 valence electrons. The Bertz CT molecular complexity index is 512. The van der Waals surface area contributed by atoms with Gasteiger partial charge in [0.2, 0.25) is 0 Å². The van der Waals surface area contributed by atoms with Gasteiger partial charge in [-0.2, -0.15) is 10.4 Å². The van der Waals surface area contributed by atoms with E-state index in [0.29, 0.717) is 0 Å². The second-order valence-electron chi connectivity index (χ2n) is 6.48. The van der Waals surface area contributed by atoms with Crippen LogP contribution >= 0.6 is 0 Å². The van der Waals surface area contributed by atoms with Crippen molar-refractivity contribution >= 4 is 12.6 Å². The topological polar surface area (TPSA) is 60.1 Å². The van der Waals surface area contributed by atoms with Crippen LogP contribution in [0, 0.1) is 11.3 Å². The Morgan fingerprint density at radius 3 is 2.26 bits per heavy atom. The normalized spacial score (nSPS) is 21.4. The Hall–Kier alpha value is -1.32. The monoisotopic (exact) mass is 261 g/mol. The average molecular weight is 261 g/mol. The SMILES string of the molecule is CC(C)(C#N)n1cc(B2OC(C)(C)C(C)(C)O2)cn1. The van der Waals surface area contributed by atoms with Gasteiger partial charge < -0.3 is 9.31 Å². The third-order valence-electron chi connectivity index (χ3n) is 3.97. The van der Waals surface area contributed by atoms with E-state index in [0.717, 1.165) is 5.46 Å². The van der Waals surface area contributed by atoms with Gasteiger partial charge in [0, 0.05) is 17.9 Å². The lowest BCUT2D eigenvalue weighted by Crippen LogP contribution is -2.41. The fourth-order valence-electron chi connectivity index (χ4n) is 1.79. The lowest BCUT2D eigenvalue weighted by Gasteiger charge is -2.32. The summed E-state index contributed by atoms with van der Waals surface area (Å²) in [7, 11) is -0.437. The van der Waals surface area contributed by atoms with Crippen LogP contribution in [-0.2, 0) is 14.8 Å². The van der Waals surface area contributed by atoms with Gasteiger partial charge in [0.15, 0.2) is 0 Å². The maximum Gasteiger partial charge on any atom is 0.498 e. The second-order valence-corrected chi connectivity index (χ2v) is 6.48. The number of rotatable bonds is 2. The van der Waals surface area contributed by atoms with Crippen molar-refractivity contribution in [3.8, 4) is 6.07 Å². The molecule has 0 atom stereocenters. The molecular formula is C13H20BN3O2. The van der Waals surface area contributed by atoms with E-state index in [9.17, 15) is 0 Å². The summed E-state index contributed by atoms with van der Waals surface area (Å²) >= 11 is 0. The van der Waals surface area contributed by atoms with E-state index in [4.69, 9.17) is 14.6 Å². The highest BCUT2D eigenvalue weighted by Gasteiger charge is 2.52. The highest BCUT2D eigenvalue weighted by atomic mass is 16.7. The van der Waals surface area contributed by atoms with Gasteiger partial charge in [-0.25, -0.2) is 0 Å². The largest absolute Gasteiger partial charge is 0.498 e. The molecule has 2 heterocycles. The molecule has 1 aromatic rings. The van der Waals surface area contributed by atoms with Crippen LogP contribution in [0.15, 0.2) is 12.4 Å². The van der Waals surface area contributed by atoms with Gasteiger partial charge in [-0.3, -0.25) is 4.68 Å². The molecule has 0 aliphatic carbocycles. The quantitative estimate of drug-likeness (QED) is 0.756. The number of nitrogens with zero attached hydrogens (tertiary/aromatic N) is 3. The molecule has 0 radical (unpaired) electrons. The van der Waals surface area contributed by atoms with E-state index in [1.807, 2.05) is 47.7 Å². The van der Waals surface area contributed by atoms with E-state index in [2.05, 4.69) is 11.2 Å². The van der Waals surface area contributed by atoms with Gasteiger partial charge in [-0.15, -0.1) is 0 Å². The Labute approximate surface area is 114 Å². The van der Waals surface area contributed by atoms with Crippen molar-refractivity contribution in [2.75, 3.05) is 0 Å². The van der Waals surface area contributed by atoms with E-state index in [1.165, 1.54) is 0 Å². The maximum atomic E-state index is 9.11. The fraction of sp³-hybridized carbons (Fsp3) is 0.692. The summed E-state index contributed by atoms with van der Waals surface area (Å²) < 4.78 is 13.5. The molecule has 6 heteroatoms. The standard InChI is InChI=1S/C13H20BN3O2/c1-11(2,9-15)17-8-10(7-16-17)14-18-12(3,4)13(5,6)19-14/h7-8H,1-6H3. The third kappa shape index (κ3) is 2.28. The van der Waals surface area contributed by atoms with Crippen molar-refractivity contribution in [3.63, 3.8) is 0 Å². The number of aromatic nitrogens is 2. The second kappa shape index (κ2) is 4.09. The maximum absolute atomic E-state index is 9.11. The van der Waals surface area contributed by atoms with Crippen LogP contribution in [0.25, 0.3) is 0 Å². The zero-order valence-electron chi connectivity index (χ0n) is 12.4. The summed E-state index contributed by atoms with van der Waals surface area (Å²) in [5.41, 5.74) is -0.585. The molecule has 1 aliphatic heterocycles. The smallest absolute Gasteiger partial charge is 0.399 e. The molecule has 0 unspecified atom stereocenters. The Kier molecular flexibility index (Phi) is 3.03. The van der Waals surface area contributed by atoms with Crippen LogP contribution in [0.4, 0.5) is 0 Å². The average Bonchev–Trinajstić information content (AvgIpc) is 2.83. The van der Waals surface area contributed by atoms with Crippen molar-refractivity contribution in [2.45, 2.75) is 58.3 Å². The van der Waals surface area contributed by atoms with Crippen molar-refractivity contribution in [1.82, 2.24) is 9.78 Å². The predicted octanol–water partition coefficient (Wildman–Crippen LogP) is 1.44. The summed E-state index contributed by atoms with van der Waals surface area (Å²) in [6.45, 7) is 11.7. The molecule has 1 fully saturated rings. The van der Waals surface area contributed by atoms with Gasteiger partial charge >= 0.3 is 7.12 Å². The Morgan fingerprint density at radius 1 is 1.26 bits per heavy atom. The van der Waals surface area contributed by atoms with E-state index in [1.54, 1.807) is 10.9 Å². The van der Waals surface area contributed by atoms with Gasteiger partial charge in [0.1, 0.15) is 5.54 Å². The molecule has 1 aliphatic rings. The highest BCUT2D eigenvalue weighted by Crippen LogP contribution is 2.36. The number of hydrogen-bond acceptors (Lipinski definition) is 4. The molecule has 2 rings (SSSR count). The molecule has 0 bridgehead atoms. The van der Waals surface area contributed by atoms with Gasteiger partial charge in [-0.05, 0) is 41.5 Å². The number of nitriles is 1. The van der Waals surface area contributed by atoms with Crippen LogP contribution in [0.5, 0.6) is 0 Å². The van der Waals surface area contributed by atoms with Crippen LogP contribution < -0.4 is 5.46 Å². The summed E-state index contributed by atoms with van der Waals surface area (Å²) in [6.07, 6.45) is 3.51. The van der Waals surface area contributed by atoms with E-state index >= 15 is 0 Å². The summed E-state index contributed by atoms with van der Waals surface area (Å²) in [4.78, 5) is 0. The minimum absolute atomic E-state index is 0.371. The van der Waals surface area contributed by atoms with Gasteiger partial charge in [0.05, 0.1) is 17.3 Å². The molecule has 0 aromatic carbocycles. The van der Waals surface area contributed by atoms with Crippen LogP contribution in [0.1, 0.15) is 41.5 Å². The lowest BCUT2D eigenvalue weighted by molar-refractivity contribution is 0.00578. The summed E-state index contributed by atoms with van der Waals surface area (Å²) in [5.74, 6) is 0. The molecule has 0 saturated carbocycles. The third-order valence-corrected chi connectivity index (χ3v) is 3.97. The minimum Gasteiger partial charge on any atom is -0.399 e. The van der Waals surface area contributed by atoms with Crippen LogP contribution in [0.3, 0.4) is 0 Å². The zero-order chi connectivity index (χ0) is 14.5. The van der Waals surface area contributed by atoms with Gasteiger partial charge in [0.25, 0.3) is 0 Å². The molecule has 0 amide bonds. The first-order chi connectivity index (χ1) is 8.59. The molecule has 5 nitrogen and oxygen atoms in total. The lowest BCUT2D eigenvalue weighted by atomic mass is 9.82. The molecule has 1 aromatic heterocycles. The van der Waals surface area contributed by atoms with Crippen molar-refractivity contribution < 1.29 is 9.31 Å². The van der Waals surface area contributed by atoms with Crippen molar-refractivity contribution in [2.24, 2.45) is 0 Å². The first-order valence-electron chi connectivity index (χ1n) is 6.41. The van der Waals surface area contributed by atoms with Gasteiger partial charge in [-0.1, -0.05) is 0 Å². The first kappa shape index (κ1) is 14.1. The van der Waals surface area contributed by atoms with E-state index in [-0.39, 0.29) is 11.2 Å². The number of hydrogen-bond donors (Lipinski definition) is 0. The Balaban J connectivity index is 2.25. The predicted molar refractivity (Wildman–Crippen MR) is 72.9 cm³/mol. The Morgan fingerprint density at radius 2 is 1.79 bits per heavy atom. The van der Waals surface area contributed by atoms with E-state index < -0.39 is 12.7 Å².